The Morgan fingerprint density at radius 3 is 2.69 bits per heavy atom. The summed E-state index contributed by atoms with van der Waals surface area (Å²) in [5, 5.41) is 3.25. The fourth-order valence-electron chi connectivity index (χ4n) is 2.66. The Morgan fingerprint density at radius 2 is 2.12 bits per heavy atom. The molecule has 2 heterocycles. The van der Waals surface area contributed by atoms with Gasteiger partial charge in [0.1, 0.15) is 5.69 Å². The number of nitrogens with zero attached hydrogens (tertiary/aromatic N) is 3. The molecule has 2 aromatic rings. The van der Waals surface area contributed by atoms with Crippen molar-refractivity contribution in [2.45, 2.75) is 39.2 Å². The Morgan fingerprint density at radius 1 is 1.38 bits per heavy atom. The third-order valence-corrected chi connectivity index (χ3v) is 5.17. The van der Waals surface area contributed by atoms with Crippen LogP contribution in [0, 0.1) is 12.9 Å². The zero-order chi connectivity index (χ0) is 18.8. The molecule has 1 N–H and O–H groups in total. The minimum atomic E-state index is -0.722. The SMILES string of the molecule is C=Cc1cc(N(C(C)=O)c2nc(C(=O)NC3CCC3)c(C)s2)cc(F)n1. The highest BCUT2D eigenvalue weighted by Crippen LogP contribution is 2.32. The van der Waals surface area contributed by atoms with Gasteiger partial charge >= 0.3 is 0 Å². The topological polar surface area (TPSA) is 75.2 Å². The first-order valence-corrected chi connectivity index (χ1v) is 9.09. The average molecular weight is 374 g/mol. The predicted octanol–water partition coefficient (Wildman–Crippen LogP) is 3.60. The largest absolute Gasteiger partial charge is 0.348 e. The number of nitrogens with one attached hydrogen (secondary N) is 1. The lowest BCUT2D eigenvalue weighted by Gasteiger charge is -2.26. The van der Waals surface area contributed by atoms with Crippen LogP contribution in [0.3, 0.4) is 0 Å². The van der Waals surface area contributed by atoms with E-state index in [9.17, 15) is 14.0 Å². The highest BCUT2D eigenvalue weighted by Gasteiger charge is 2.26. The molecule has 26 heavy (non-hydrogen) atoms. The van der Waals surface area contributed by atoms with Crippen LogP contribution in [0.25, 0.3) is 6.08 Å². The maximum absolute atomic E-state index is 13.8. The van der Waals surface area contributed by atoms with Crippen molar-refractivity contribution in [3.05, 3.63) is 40.9 Å². The van der Waals surface area contributed by atoms with Crippen molar-refractivity contribution < 1.29 is 14.0 Å². The minimum Gasteiger partial charge on any atom is -0.348 e. The third kappa shape index (κ3) is 3.65. The Balaban J connectivity index is 1.95. The number of thiazole rings is 1. The van der Waals surface area contributed by atoms with Gasteiger partial charge in [0.25, 0.3) is 5.91 Å². The van der Waals surface area contributed by atoms with Crippen LogP contribution in [0.4, 0.5) is 15.2 Å². The van der Waals surface area contributed by atoms with Crippen molar-refractivity contribution in [1.29, 1.82) is 0 Å². The predicted molar refractivity (Wildman–Crippen MR) is 99.1 cm³/mol. The molecule has 2 amide bonds. The van der Waals surface area contributed by atoms with Crippen LogP contribution in [0.5, 0.6) is 0 Å². The number of aryl methyl sites for hydroxylation is 1. The molecular formula is C18H19FN4O2S. The molecule has 6 nitrogen and oxygen atoms in total. The molecule has 1 saturated carbocycles. The summed E-state index contributed by atoms with van der Waals surface area (Å²) in [7, 11) is 0. The molecule has 1 aliphatic carbocycles. The van der Waals surface area contributed by atoms with E-state index in [1.54, 1.807) is 13.0 Å². The van der Waals surface area contributed by atoms with Gasteiger partial charge in [-0.15, -0.1) is 11.3 Å². The number of hydrogen-bond donors (Lipinski definition) is 1. The second-order valence-electron chi connectivity index (χ2n) is 6.13. The fourth-order valence-corrected chi connectivity index (χ4v) is 3.63. The molecule has 0 radical (unpaired) electrons. The van der Waals surface area contributed by atoms with E-state index in [0.29, 0.717) is 27.1 Å². The van der Waals surface area contributed by atoms with Gasteiger partial charge < -0.3 is 5.32 Å². The van der Waals surface area contributed by atoms with Gasteiger partial charge in [-0.3, -0.25) is 14.5 Å². The summed E-state index contributed by atoms with van der Waals surface area (Å²) in [6.45, 7) is 6.71. The molecule has 0 unspecified atom stereocenters. The highest BCUT2D eigenvalue weighted by atomic mass is 32.1. The van der Waals surface area contributed by atoms with Crippen LogP contribution < -0.4 is 10.2 Å². The summed E-state index contributed by atoms with van der Waals surface area (Å²) in [6, 6.07) is 2.89. The zero-order valence-corrected chi connectivity index (χ0v) is 15.4. The van der Waals surface area contributed by atoms with Crippen molar-refractivity contribution in [3.8, 4) is 0 Å². The highest BCUT2D eigenvalue weighted by molar-refractivity contribution is 7.16. The summed E-state index contributed by atoms with van der Waals surface area (Å²) in [6.07, 6.45) is 4.46. The molecule has 1 fully saturated rings. The van der Waals surface area contributed by atoms with E-state index in [1.165, 1.54) is 29.2 Å². The van der Waals surface area contributed by atoms with Gasteiger partial charge in [0.2, 0.25) is 11.9 Å². The number of hydrogen-bond acceptors (Lipinski definition) is 5. The Kier molecular flexibility index (Phi) is 5.13. The van der Waals surface area contributed by atoms with Crippen molar-refractivity contribution in [2.75, 3.05) is 4.90 Å². The van der Waals surface area contributed by atoms with E-state index in [1.807, 2.05) is 0 Å². The summed E-state index contributed by atoms with van der Waals surface area (Å²) in [5.41, 5.74) is 0.892. The number of amides is 2. The number of aromatic nitrogens is 2. The zero-order valence-electron chi connectivity index (χ0n) is 14.6. The Bertz CT molecular complexity index is 876. The third-order valence-electron chi connectivity index (χ3n) is 4.21. The quantitative estimate of drug-likeness (QED) is 0.812. The van der Waals surface area contributed by atoms with Crippen molar-refractivity contribution >= 4 is 40.0 Å². The standard InChI is InChI=1S/C18H19FN4O2S/c1-4-12-8-14(9-15(19)20-12)23(11(3)24)18-22-16(10(2)26-18)17(25)21-13-6-5-7-13/h4,8-9,13H,1,5-7H2,2-3H3,(H,21,25). The molecule has 0 aromatic carbocycles. The second kappa shape index (κ2) is 7.33. The van der Waals surface area contributed by atoms with E-state index >= 15 is 0 Å². The summed E-state index contributed by atoms with van der Waals surface area (Å²) in [5.74, 6) is -1.31. The lowest BCUT2D eigenvalue weighted by Crippen LogP contribution is -2.39. The summed E-state index contributed by atoms with van der Waals surface area (Å²) >= 11 is 1.21. The van der Waals surface area contributed by atoms with E-state index in [-0.39, 0.29) is 17.9 Å². The van der Waals surface area contributed by atoms with Crippen molar-refractivity contribution in [2.24, 2.45) is 0 Å². The minimum absolute atomic E-state index is 0.195. The summed E-state index contributed by atoms with van der Waals surface area (Å²) in [4.78, 5) is 34.6. The normalized spacial score (nSPS) is 13.8. The van der Waals surface area contributed by atoms with Crippen molar-refractivity contribution in [3.63, 3.8) is 0 Å². The second-order valence-corrected chi connectivity index (χ2v) is 7.32. The van der Waals surface area contributed by atoms with E-state index < -0.39 is 5.95 Å². The van der Waals surface area contributed by atoms with Crippen LogP contribution in [0.2, 0.25) is 0 Å². The molecule has 3 rings (SSSR count). The van der Waals surface area contributed by atoms with Crippen molar-refractivity contribution in [1.82, 2.24) is 15.3 Å². The van der Waals surface area contributed by atoms with Gasteiger partial charge in [0.05, 0.1) is 11.4 Å². The number of rotatable bonds is 5. The number of halogens is 1. The van der Waals surface area contributed by atoms with Gasteiger partial charge in [0.15, 0.2) is 5.13 Å². The monoisotopic (exact) mass is 374 g/mol. The van der Waals surface area contributed by atoms with E-state index in [2.05, 4.69) is 21.9 Å². The van der Waals surface area contributed by atoms with Gasteiger partial charge in [-0.05, 0) is 38.3 Å². The summed E-state index contributed by atoms with van der Waals surface area (Å²) < 4.78 is 13.8. The molecule has 2 aromatic heterocycles. The first kappa shape index (κ1) is 18.2. The maximum Gasteiger partial charge on any atom is 0.271 e. The van der Waals surface area contributed by atoms with Gasteiger partial charge in [-0.2, -0.15) is 4.39 Å². The molecule has 0 bridgehead atoms. The first-order chi connectivity index (χ1) is 12.4. The van der Waals surface area contributed by atoms with E-state index in [0.717, 1.165) is 25.3 Å². The molecule has 1 aliphatic rings. The molecule has 8 heteroatoms. The van der Waals surface area contributed by atoms with Gasteiger partial charge in [0, 0.05) is 23.9 Å². The van der Waals surface area contributed by atoms with Crippen LogP contribution in [-0.4, -0.2) is 27.8 Å². The lowest BCUT2D eigenvalue weighted by molar-refractivity contribution is -0.115. The average Bonchev–Trinajstić information content (AvgIpc) is 2.91. The molecule has 0 aliphatic heterocycles. The van der Waals surface area contributed by atoms with Gasteiger partial charge in [-0.1, -0.05) is 6.58 Å². The molecule has 0 saturated heterocycles. The van der Waals surface area contributed by atoms with Gasteiger partial charge in [-0.25, -0.2) is 9.97 Å². The first-order valence-electron chi connectivity index (χ1n) is 8.28. The van der Waals surface area contributed by atoms with Crippen LogP contribution in [-0.2, 0) is 4.79 Å². The molecule has 0 spiro atoms. The smallest absolute Gasteiger partial charge is 0.271 e. The maximum atomic E-state index is 13.8. The van der Waals surface area contributed by atoms with Crippen LogP contribution >= 0.6 is 11.3 Å². The number of pyridine rings is 1. The lowest BCUT2D eigenvalue weighted by atomic mass is 9.93. The Hall–Kier alpha value is -2.61. The van der Waals surface area contributed by atoms with Crippen LogP contribution in [0.1, 0.15) is 47.2 Å². The molecule has 136 valence electrons. The van der Waals surface area contributed by atoms with E-state index in [4.69, 9.17) is 0 Å². The molecular weight excluding hydrogens is 355 g/mol. The Labute approximate surface area is 154 Å². The number of carbonyl (C=O) groups excluding carboxylic acids is 2. The fraction of sp³-hybridized carbons (Fsp3) is 0.333. The van der Waals surface area contributed by atoms with Crippen LogP contribution in [0.15, 0.2) is 18.7 Å². The number of anilines is 2. The number of carbonyl (C=O) groups is 2. The molecule has 0 atom stereocenters.